The Kier molecular flexibility index (Phi) is 2.49. The number of carbonyl (C=O) groups excluding carboxylic acids is 1. The van der Waals surface area contributed by atoms with Crippen LogP contribution in [0.2, 0.25) is 0 Å². The fourth-order valence-corrected chi connectivity index (χ4v) is 2.27. The highest BCUT2D eigenvalue weighted by atomic mass is 16.3. The molecule has 1 fully saturated rings. The van der Waals surface area contributed by atoms with Gasteiger partial charge in [0.15, 0.2) is 6.29 Å². The predicted molar refractivity (Wildman–Crippen MR) is 58.1 cm³/mol. The average Bonchev–Trinajstić information content (AvgIpc) is 2.66. The zero-order valence-corrected chi connectivity index (χ0v) is 8.79. The molecule has 1 atom stereocenters. The summed E-state index contributed by atoms with van der Waals surface area (Å²) in [5, 5.41) is 12.7. The third-order valence-corrected chi connectivity index (χ3v) is 3.13. The van der Waals surface area contributed by atoms with E-state index in [2.05, 4.69) is 12.2 Å². The summed E-state index contributed by atoms with van der Waals surface area (Å²) in [7, 11) is 0. The van der Waals surface area contributed by atoms with Gasteiger partial charge in [-0.1, -0.05) is 6.07 Å². The molecule has 15 heavy (non-hydrogen) atoms. The molecule has 0 radical (unpaired) electrons. The van der Waals surface area contributed by atoms with Crippen LogP contribution >= 0.6 is 0 Å². The second kappa shape index (κ2) is 3.66. The highest BCUT2D eigenvalue weighted by Gasteiger charge is 2.31. The van der Waals surface area contributed by atoms with E-state index in [-0.39, 0.29) is 11.3 Å². The number of hydrogen-bond donors (Lipinski definition) is 2. The molecule has 1 aliphatic rings. The van der Waals surface area contributed by atoms with Crippen molar-refractivity contribution in [2.24, 2.45) is 0 Å². The Morgan fingerprint density at radius 1 is 1.53 bits per heavy atom. The molecule has 0 aliphatic carbocycles. The van der Waals surface area contributed by atoms with Crippen LogP contribution in [-0.2, 0) is 5.54 Å². The van der Waals surface area contributed by atoms with Crippen LogP contribution in [0.1, 0.15) is 35.7 Å². The molecule has 0 bridgehead atoms. The van der Waals surface area contributed by atoms with Gasteiger partial charge in [0.05, 0.1) is 0 Å². The fraction of sp³-hybridized carbons (Fsp3) is 0.417. The van der Waals surface area contributed by atoms with E-state index in [1.807, 2.05) is 6.07 Å². The topological polar surface area (TPSA) is 49.3 Å². The highest BCUT2D eigenvalue weighted by Crippen LogP contribution is 2.33. The molecular weight excluding hydrogens is 190 g/mol. The van der Waals surface area contributed by atoms with Gasteiger partial charge >= 0.3 is 0 Å². The molecule has 0 aromatic heterocycles. The standard InChI is InChI=1S/C12H15NO2/c1-12(5-2-6-13-12)11-4-3-10(15)7-9(11)8-14/h3-4,7-8,13,15H,2,5-6H2,1H3. The summed E-state index contributed by atoms with van der Waals surface area (Å²) in [5.74, 6) is 0.141. The van der Waals surface area contributed by atoms with Crippen molar-refractivity contribution in [1.82, 2.24) is 5.32 Å². The number of aldehydes is 1. The Hall–Kier alpha value is -1.35. The summed E-state index contributed by atoms with van der Waals surface area (Å²) >= 11 is 0. The van der Waals surface area contributed by atoms with Crippen LogP contribution in [0.15, 0.2) is 18.2 Å². The zero-order chi connectivity index (χ0) is 10.9. The first kappa shape index (κ1) is 10.2. The van der Waals surface area contributed by atoms with E-state index in [4.69, 9.17) is 0 Å². The summed E-state index contributed by atoms with van der Waals surface area (Å²) in [6.07, 6.45) is 2.95. The minimum absolute atomic E-state index is 0.121. The summed E-state index contributed by atoms with van der Waals surface area (Å²) in [4.78, 5) is 10.9. The van der Waals surface area contributed by atoms with Crippen molar-refractivity contribution < 1.29 is 9.90 Å². The third-order valence-electron chi connectivity index (χ3n) is 3.13. The number of aromatic hydroxyl groups is 1. The summed E-state index contributed by atoms with van der Waals surface area (Å²) < 4.78 is 0. The summed E-state index contributed by atoms with van der Waals surface area (Å²) in [5.41, 5.74) is 1.43. The van der Waals surface area contributed by atoms with Gasteiger partial charge in [0.1, 0.15) is 5.75 Å². The molecule has 0 spiro atoms. The lowest BCUT2D eigenvalue weighted by Crippen LogP contribution is -2.34. The molecular formula is C12H15NO2. The van der Waals surface area contributed by atoms with Crippen molar-refractivity contribution in [2.75, 3.05) is 6.54 Å². The number of carbonyl (C=O) groups is 1. The van der Waals surface area contributed by atoms with Crippen molar-refractivity contribution in [3.05, 3.63) is 29.3 Å². The second-order valence-corrected chi connectivity index (χ2v) is 4.25. The third kappa shape index (κ3) is 1.75. The molecule has 3 nitrogen and oxygen atoms in total. The maximum Gasteiger partial charge on any atom is 0.150 e. The largest absolute Gasteiger partial charge is 0.508 e. The van der Waals surface area contributed by atoms with Gasteiger partial charge in [-0.3, -0.25) is 4.79 Å². The van der Waals surface area contributed by atoms with Gasteiger partial charge in [-0.2, -0.15) is 0 Å². The quantitative estimate of drug-likeness (QED) is 0.724. The molecule has 1 aromatic rings. The molecule has 1 unspecified atom stereocenters. The van der Waals surface area contributed by atoms with Crippen LogP contribution < -0.4 is 5.32 Å². The molecule has 0 saturated carbocycles. The minimum Gasteiger partial charge on any atom is -0.508 e. The molecule has 1 aromatic carbocycles. The minimum atomic E-state index is -0.121. The monoisotopic (exact) mass is 205 g/mol. The predicted octanol–water partition coefficient (Wildman–Crippen LogP) is 1.80. The molecule has 0 amide bonds. The van der Waals surface area contributed by atoms with E-state index in [9.17, 15) is 9.90 Å². The number of phenols is 1. The molecule has 2 rings (SSSR count). The Morgan fingerprint density at radius 3 is 2.93 bits per heavy atom. The molecule has 80 valence electrons. The summed E-state index contributed by atoms with van der Waals surface area (Å²) in [6.45, 7) is 3.08. The van der Waals surface area contributed by atoms with Crippen molar-refractivity contribution in [1.29, 1.82) is 0 Å². The van der Waals surface area contributed by atoms with Gasteiger partial charge in [0.2, 0.25) is 0 Å². The lowest BCUT2D eigenvalue weighted by atomic mass is 9.87. The number of nitrogens with one attached hydrogen (secondary N) is 1. The van der Waals surface area contributed by atoms with E-state index >= 15 is 0 Å². The van der Waals surface area contributed by atoms with Gasteiger partial charge in [0, 0.05) is 11.1 Å². The van der Waals surface area contributed by atoms with Crippen molar-refractivity contribution in [3.63, 3.8) is 0 Å². The molecule has 2 N–H and O–H groups in total. The van der Waals surface area contributed by atoms with Crippen LogP contribution in [-0.4, -0.2) is 17.9 Å². The summed E-state index contributed by atoms with van der Waals surface area (Å²) in [6, 6.07) is 4.98. The van der Waals surface area contributed by atoms with Crippen LogP contribution in [0.4, 0.5) is 0 Å². The van der Waals surface area contributed by atoms with E-state index < -0.39 is 0 Å². The first-order valence-corrected chi connectivity index (χ1v) is 5.19. The normalized spacial score (nSPS) is 25.4. The smallest absolute Gasteiger partial charge is 0.150 e. The second-order valence-electron chi connectivity index (χ2n) is 4.25. The number of rotatable bonds is 2. The average molecular weight is 205 g/mol. The first-order valence-electron chi connectivity index (χ1n) is 5.19. The van der Waals surface area contributed by atoms with Crippen LogP contribution in [0.5, 0.6) is 5.75 Å². The number of phenolic OH excluding ortho intramolecular Hbond substituents is 1. The molecule has 3 heteroatoms. The lowest BCUT2D eigenvalue weighted by molar-refractivity contribution is 0.112. The van der Waals surface area contributed by atoms with Crippen molar-refractivity contribution in [3.8, 4) is 5.75 Å². The first-order chi connectivity index (χ1) is 7.15. The van der Waals surface area contributed by atoms with Gasteiger partial charge in [-0.05, 0) is 44.0 Å². The molecule has 1 saturated heterocycles. The van der Waals surface area contributed by atoms with E-state index in [1.54, 1.807) is 6.07 Å². The van der Waals surface area contributed by atoms with Gasteiger partial charge in [0.25, 0.3) is 0 Å². The van der Waals surface area contributed by atoms with E-state index in [0.29, 0.717) is 5.56 Å². The van der Waals surface area contributed by atoms with Gasteiger partial charge in [-0.15, -0.1) is 0 Å². The fourth-order valence-electron chi connectivity index (χ4n) is 2.27. The van der Waals surface area contributed by atoms with Crippen LogP contribution in [0, 0.1) is 0 Å². The van der Waals surface area contributed by atoms with Gasteiger partial charge < -0.3 is 10.4 Å². The van der Waals surface area contributed by atoms with Crippen molar-refractivity contribution in [2.45, 2.75) is 25.3 Å². The SMILES string of the molecule is CC1(c2ccc(O)cc2C=O)CCCN1. The van der Waals surface area contributed by atoms with Crippen LogP contribution in [0.3, 0.4) is 0 Å². The van der Waals surface area contributed by atoms with Crippen LogP contribution in [0.25, 0.3) is 0 Å². The Balaban J connectivity index is 2.46. The Labute approximate surface area is 89.1 Å². The zero-order valence-electron chi connectivity index (χ0n) is 8.79. The van der Waals surface area contributed by atoms with E-state index in [1.165, 1.54) is 6.07 Å². The van der Waals surface area contributed by atoms with Crippen molar-refractivity contribution >= 4 is 6.29 Å². The maximum atomic E-state index is 10.9. The number of hydrogen-bond acceptors (Lipinski definition) is 3. The van der Waals surface area contributed by atoms with E-state index in [0.717, 1.165) is 31.2 Å². The Bertz CT molecular complexity index is 381. The maximum absolute atomic E-state index is 10.9. The lowest BCUT2D eigenvalue weighted by Gasteiger charge is -2.26. The number of benzene rings is 1. The molecule has 1 aliphatic heterocycles. The van der Waals surface area contributed by atoms with Gasteiger partial charge in [-0.25, -0.2) is 0 Å². The highest BCUT2D eigenvalue weighted by molar-refractivity contribution is 5.78. The Morgan fingerprint density at radius 2 is 2.33 bits per heavy atom. The molecule has 1 heterocycles.